The fourth-order valence-corrected chi connectivity index (χ4v) is 1.48. The zero-order valence-corrected chi connectivity index (χ0v) is 9.77. The highest BCUT2D eigenvalue weighted by Gasteiger charge is 2.08. The van der Waals surface area contributed by atoms with Gasteiger partial charge in [-0.1, -0.05) is 28.4 Å². The van der Waals surface area contributed by atoms with Crippen molar-refractivity contribution in [1.82, 2.24) is 24.5 Å². The second-order valence-corrected chi connectivity index (χ2v) is 3.90. The van der Waals surface area contributed by atoms with Gasteiger partial charge in [-0.3, -0.25) is 14.0 Å². The molecule has 0 spiro atoms. The van der Waals surface area contributed by atoms with Gasteiger partial charge in [-0.05, 0) is 0 Å². The normalized spacial score (nSPS) is 10.7. The minimum Gasteiger partial charge on any atom is -0.292 e. The van der Waals surface area contributed by atoms with Crippen molar-refractivity contribution in [3.05, 3.63) is 38.7 Å². The van der Waals surface area contributed by atoms with Crippen LogP contribution in [-0.4, -0.2) is 24.5 Å². The molecule has 0 radical (unpaired) electrons. The van der Waals surface area contributed by atoms with Crippen molar-refractivity contribution >= 4 is 23.2 Å². The predicted octanol–water partition coefficient (Wildman–Crippen LogP) is 0.727. The molecule has 0 saturated carbocycles. The Labute approximate surface area is 100 Å². The molecule has 0 aliphatic heterocycles. The van der Waals surface area contributed by atoms with Crippen molar-refractivity contribution in [3.8, 4) is 0 Å². The van der Waals surface area contributed by atoms with Crippen molar-refractivity contribution in [2.24, 2.45) is 7.05 Å². The topological polar surface area (TPSA) is 65.6 Å². The molecular weight excluding hydrogens is 253 g/mol. The summed E-state index contributed by atoms with van der Waals surface area (Å²) in [4.78, 5) is 15.4. The lowest BCUT2D eigenvalue weighted by molar-refractivity contribution is 0.699. The molecule has 8 heteroatoms. The quantitative estimate of drug-likeness (QED) is 0.746. The minimum absolute atomic E-state index is 0.00191. The van der Waals surface area contributed by atoms with Crippen LogP contribution in [0, 0.1) is 0 Å². The van der Waals surface area contributed by atoms with Crippen molar-refractivity contribution in [2.75, 3.05) is 0 Å². The summed E-state index contributed by atoms with van der Waals surface area (Å²) in [6.07, 6.45) is 3.03. The van der Waals surface area contributed by atoms with E-state index in [2.05, 4.69) is 15.3 Å². The van der Waals surface area contributed by atoms with Crippen molar-refractivity contribution in [2.45, 2.75) is 6.54 Å². The molecule has 0 aliphatic rings. The number of aromatic nitrogens is 5. The van der Waals surface area contributed by atoms with Crippen LogP contribution in [-0.2, 0) is 13.6 Å². The zero-order chi connectivity index (χ0) is 11.7. The first-order valence-electron chi connectivity index (χ1n) is 4.33. The van der Waals surface area contributed by atoms with Crippen LogP contribution >= 0.6 is 23.2 Å². The van der Waals surface area contributed by atoms with Crippen molar-refractivity contribution in [1.29, 1.82) is 0 Å². The first-order chi connectivity index (χ1) is 7.58. The first kappa shape index (κ1) is 11.1. The van der Waals surface area contributed by atoms with Gasteiger partial charge in [0, 0.05) is 13.2 Å². The Bertz CT molecular complexity index is 576. The van der Waals surface area contributed by atoms with Gasteiger partial charge in [0.05, 0.1) is 12.9 Å². The molecule has 2 aromatic rings. The first-order valence-corrected chi connectivity index (χ1v) is 5.09. The summed E-state index contributed by atoms with van der Waals surface area (Å²) < 4.78 is 2.86. The lowest BCUT2D eigenvalue weighted by Crippen LogP contribution is -2.21. The lowest BCUT2D eigenvalue weighted by Gasteiger charge is -2.02. The number of rotatable bonds is 2. The van der Waals surface area contributed by atoms with E-state index >= 15 is 0 Å². The van der Waals surface area contributed by atoms with Gasteiger partial charge in [0.1, 0.15) is 10.7 Å². The number of halogens is 2. The third-order valence-corrected chi connectivity index (χ3v) is 2.65. The molecule has 0 saturated heterocycles. The van der Waals surface area contributed by atoms with Crippen LogP contribution < -0.4 is 5.56 Å². The number of hydrogen-bond donors (Lipinski definition) is 0. The van der Waals surface area contributed by atoms with E-state index in [-0.39, 0.29) is 16.7 Å². The largest absolute Gasteiger partial charge is 0.292 e. The maximum atomic E-state index is 11.7. The van der Waals surface area contributed by atoms with E-state index in [1.807, 2.05) is 0 Å². The Kier molecular flexibility index (Phi) is 2.93. The van der Waals surface area contributed by atoms with E-state index in [0.29, 0.717) is 5.69 Å². The Morgan fingerprint density at radius 1 is 1.44 bits per heavy atom. The fraction of sp³-hybridized carbons (Fsp3) is 0.250. The maximum Gasteiger partial charge on any atom is 0.274 e. The fourth-order valence-electron chi connectivity index (χ4n) is 1.20. The molecule has 84 valence electrons. The Morgan fingerprint density at radius 2 is 2.19 bits per heavy atom. The SMILES string of the molecule is Cn1cc(Cn2cnc(Cl)c(Cl)c2=O)nn1. The molecule has 16 heavy (non-hydrogen) atoms. The Morgan fingerprint density at radius 3 is 2.81 bits per heavy atom. The summed E-state index contributed by atoms with van der Waals surface area (Å²) >= 11 is 11.3. The Balaban J connectivity index is 2.36. The number of aryl methyl sites for hydroxylation is 1. The molecule has 0 amide bonds. The third kappa shape index (κ3) is 2.07. The summed E-state index contributed by atoms with van der Waals surface area (Å²) in [6.45, 7) is 0.260. The lowest BCUT2D eigenvalue weighted by atomic mass is 10.4. The van der Waals surface area contributed by atoms with E-state index < -0.39 is 5.56 Å². The molecule has 6 nitrogen and oxygen atoms in total. The van der Waals surface area contributed by atoms with Crippen LogP contribution in [0.25, 0.3) is 0 Å². The highest BCUT2D eigenvalue weighted by Crippen LogP contribution is 2.12. The molecule has 0 fully saturated rings. The molecular formula is C8H7Cl2N5O. The summed E-state index contributed by atoms with van der Waals surface area (Å²) in [6, 6.07) is 0. The van der Waals surface area contributed by atoms with E-state index in [4.69, 9.17) is 23.2 Å². The van der Waals surface area contributed by atoms with Gasteiger partial charge in [0.25, 0.3) is 5.56 Å². The molecule has 0 aromatic carbocycles. The maximum absolute atomic E-state index is 11.7. The van der Waals surface area contributed by atoms with E-state index in [1.54, 1.807) is 17.9 Å². The molecule has 0 aliphatic carbocycles. The highest BCUT2D eigenvalue weighted by molar-refractivity contribution is 6.40. The van der Waals surface area contributed by atoms with Crippen LogP contribution in [0.15, 0.2) is 17.3 Å². The van der Waals surface area contributed by atoms with Gasteiger partial charge in [-0.2, -0.15) is 0 Å². The summed E-state index contributed by atoms with van der Waals surface area (Å²) in [5.41, 5.74) is 0.247. The summed E-state index contributed by atoms with van der Waals surface area (Å²) in [7, 11) is 1.74. The van der Waals surface area contributed by atoms with Crippen LogP contribution in [0.5, 0.6) is 0 Å². The minimum atomic E-state index is -0.396. The smallest absolute Gasteiger partial charge is 0.274 e. The predicted molar refractivity (Wildman–Crippen MR) is 58.6 cm³/mol. The van der Waals surface area contributed by atoms with Gasteiger partial charge in [0.2, 0.25) is 0 Å². The van der Waals surface area contributed by atoms with Crippen LogP contribution in [0.2, 0.25) is 10.2 Å². The second kappa shape index (κ2) is 4.23. The van der Waals surface area contributed by atoms with Crippen molar-refractivity contribution < 1.29 is 0 Å². The summed E-state index contributed by atoms with van der Waals surface area (Å²) in [5.74, 6) is 0. The van der Waals surface area contributed by atoms with Crippen molar-refractivity contribution in [3.63, 3.8) is 0 Å². The van der Waals surface area contributed by atoms with Crippen LogP contribution in [0.4, 0.5) is 0 Å². The molecule has 0 bridgehead atoms. The Hall–Kier alpha value is -1.40. The van der Waals surface area contributed by atoms with Gasteiger partial charge in [-0.25, -0.2) is 4.98 Å². The average Bonchev–Trinajstić information content (AvgIpc) is 2.65. The number of hydrogen-bond acceptors (Lipinski definition) is 4. The van der Waals surface area contributed by atoms with Gasteiger partial charge in [0.15, 0.2) is 5.15 Å². The zero-order valence-electron chi connectivity index (χ0n) is 8.26. The van der Waals surface area contributed by atoms with Gasteiger partial charge < -0.3 is 0 Å². The third-order valence-electron chi connectivity index (χ3n) is 1.92. The van der Waals surface area contributed by atoms with Gasteiger partial charge in [-0.15, -0.1) is 5.10 Å². The molecule has 0 atom stereocenters. The molecule has 0 N–H and O–H groups in total. The standard InChI is InChI=1S/C8H7Cl2N5O/c1-14-2-5(12-13-14)3-15-4-11-7(10)6(9)8(15)16/h2,4H,3H2,1H3. The van der Waals surface area contributed by atoms with E-state index in [9.17, 15) is 4.79 Å². The molecule has 2 heterocycles. The monoisotopic (exact) mass is 259 g/mol. The van der Waals surface area contributed by atoms with Gasteiger partial charge >= 0.3 is 0 Å². The van der Waals surface area contributed by atoms with Crippen LogP contribution in [0.1, 0.15) is 5.69 Å². The highest BCUT2D eigenvalue weighted by atomic mass is 35.5. The molecule has 2 rings (SSSR count). The average molecular weight is 260 g/mol. The van der Waals surface area contributed by atoms with E-state index in [1.165, 1.54) is 10.9 Å². The molecule has 0 unspecified atom stereocenters. The van der Waals surface area contributed by atoms with E-state index in [0.717, 1.165) is 0 Å². The second-order valence-electron chi connectivity index (χ2n) is 3.17. The van der Waals surface area contributed by atoms with Crippen LogP contribution in [0.3, 0.4) is 0 Å². The summed E-state index contributed by atoms with van der Waals surface area (Å²) in [5, 5.41) is 7.52. The molecule has 2 aromatic heterocycles. The number of nitrogens with zero attached hydrogens (tertiary/aromatic N) is 5.